The van der Waals surface area contributed by atoms with Crippen LogP contribution in [0.25, 0.3) is 0 Å². The first-order valence-corrected chi connectivity index (χ1v) is 6.41. The van der Waals surface area contributed by atoms with Crippen molar-refractivity contribution < 1.29 is 9.53 Å². The van der Waals surface area contributed by atoms with Gasteiger partial charge in [-0.25, -0.2) is 0 Å². The van der Waals surface area contributed by atoms with Gasteiger partial charge in [-0.2, -0.15) is 4.98 Å². The van der Waals surface area contributed by atoms with E-state index in [1.165, 1.54) is 0 Å². The van der Waals surface area contributed by atoms with Crippen molar-refractivity contribution in [1.29, 1.82) is 0 Å². The highest BCUT2D eigenvalue weighted by molar-refractivity contribution is 9.10. The second-order valence-electron chi connectivity index (χ2n) is 4.02. The summed E-state index contributed by atoms with van der Waals surface area (Å²) in [5, 5.41) is 8.98. The Morgan fingerprint density at radius 3 is 2.89 bits per heavy atom. The molecule has 0 atom stereocenters. The molecule has 2 aromatic rings. The van der Waals surface area contributed by atoms with E-state index in [-0.39, 0.29) is 18.5 Å². The second-order valence-corrected chi connectivity index (χ2v) is 4.87. The Morgan fingerprint density at radius 2 is 2.26 bits per heavy atom. The van der Waals surface area contributed by atoms with Gasteiger partial charge in [0, 0.05) is 0 Å². The van der Waals surface area contributed by atoms with Gasteiger partial charge in [-0.15, -0.1) is 5.10 Å². The summed E-state index contributed by atoms with van der Waals surface area (Å²) >= 11 is 3.38. The molecule has 0 saturated carbocycles. The molecule has 0 aliphatic rings. The fourth-order valence-corrected chi connectivity index (χ4v) is 2.03. The highest BCUT2D eigenvalue weighted by Gasteiger charge is 2.08. The van der Waals surface area contributed by atoms with Crippen molar-refractivity contribution in [3.05, 3.63) is 34.1 Å². The maximum absolute atomic E-state index is 11.6. The predicted molar refractivity (Wildman–Crippen MR) is 74.1 cm³/mol. The van der Waals surface area contributed by atoms with Crippen LogP contribution in [0.15, 0.2) is 22.7 Å². The fraction of sp³-hybridized carbons (Fsp3) is 0.250. The third-order valence-electron chi connectivity index (χ3n) is 2.29. The molecule has 0 saturated heterocycles. The van der Waals surface area contributed by atoms with E-state index in [1.807, 2.05) is 25.1 Å². The Kier molecular flexibility index (Phi) is 4.16. The molecule has 1 aromatic heterocycles. The number of ether oxygens (including phenoxy) is 1. The molecule has 0 radical (unpaired) electrons. The molecule has 2 N–H and O–H groups in total. The van der Waals surface area contributed by atoms with Crippen LogP contribution in [0, 0.1) is 13.8 Å². The van der Waals surface area contributed by atoms with Gasteiger partial charge >= 0.3 is 0 Å². The van der Waals surface area contributed by atoms with Crippen molar-refractivity contribution >= 4 is 27.8 Å². The molecule has 0 fully saturated rings. The van der Waals surface area contributed by atoms with Gasteiger partial charge in [-0.05, 0) is 47.5 Å². The molecule has 19 heavy (non-hydrogen) atoms. The number of aromatic nitrogens is 3. The number of carbonyl (C=O) groups is 1. The van der Waals surface area contributed by atoms with Gasteiger partial charge in [-0.1, -0.05) is 6.07 Å². The number of hydrogen-bond donors (Lipinski definition) is 2. The van der Waals surface area contributed by atoms with E-state index >= 15 is 0 Å². The minimum absolute atomic E-state index is 0.102. The third-order valence-corrected chi connectivity index (χ3v) is 2.91. The highest BCUT2D eigenvalue weighted by atomic mass is 79.9. The van der Waals surface area contributed by atoms with Crippen LogP contribution in [0.1, 0.15) is 11.4 Å². The van der Waals surface area contributed by atoms with Gasteiger partial charge in [0.2, 0.25) is 5.95 Å². The van der Waals surface area contributed by atoms with E-state index in [1.54, 1.807) is 6.92 Å². The Labute approximate surface area is 118 Å². The number of benzene rings is 1. The minimum Gasteiger partial charge on any atom is -0.483 e. The minimum atomic E-state index is -0.313. The zero-order chi connectivity index (χ0) is 13.8. The van der Waals surface area contributed by atoms with Crippen LogP contribution >= 0.6 is 15.9 Å². The number of hydrogen-bond acceptors (Lipinski definition) is 4. The predicted octanol–water partition coefficient (Wildman–Crippen LogP) is 2.20. The van der Waals surface area contributed by atoms with Crippen molar-refractivity contribution in [2.24, 2.45) is 0 Å². The highest BCUT2D eigenvalue weighted by Crippen LogP contribution is 2.25. The summed E-state index contributed by atoms with van der Waals surface area (Å²) in [7, 11) is 0. The number of rotatable bonds is 4. The molecule has 1 aromatic carbocycles. The lowest BCUT2D eigenvalue weighted by molar-refractivity contribution is -0.118. The summed E-state index contributed by atoms with van der Waals surface area (Å²) in [5.74, 6) is 1.19. The Morgan fingerprint density at radius 1 is 1.47 bits per heavy atom. The Bertz CT molecular complexity index is 597. The Hall–Kier alpha value is -1.89. The van der Waals surface area contributed by atoms with Crippen molar-refractivity contribution in [1.82, 2.24) is 15.2 Å². The van der Waals surface area contributed by atoms with Crippen LogP contribution in [-0.4, -0.2) is 27.7 Å². The van der Waals surface area contributed by atoms with Crippen LogP contribution in [-0.2, 0) is 4.79 Å². The van der Waals surface area contributed by atoms with Crippen molar-refractivity contribution in [2.45, 2.75) is 13.8 Å². The Balaban J connectivity index is 1.89. The zero-order valence-corrected chi connectivity index (χ0v) is 12.1. The first-order chi connectivity index (χ1) is 9.04. The molecule has 0 bridgehead atoms. The lowest BCUT2D eigenvalue weighted by Crippen LogP contribution is -2.21. The van der Waals surface area contributed by atoms with Crippen molar-refractivity contribution in [2.75, 3.05) is 11.9 Å². The largest absolute Gasteiger partial charge is 0.483 e. The van der Waals surface area contributed by atoms with E-state index in [9.17, 15) is 4.79 Å². The quantitative estimate of drug-likeness (QED) is 0.903. The molecule has 0 aliphatic heterocycles. The van der Waals surface area contributed by atoms with E-state index in [4.69, 9.17) is 4.74 Å². The summed E-state index contributed by atoms with van der Waals surface area (Å²) in [6.07, 6.45) is 0. The fourth-order valence-electron chi connectivity index (χ4n) is 1.43. The lowest BCUT2D eigenvalue weighted by atomic mass is 10.2. The average molecular weight is 325 g/mol. The number of aromatic amines is 1. The molecule has 100 valence electrons. The molecule has 0 spiro atoms. The van der Waals surface area contributed by atoms with Crippen molar-refractivity contribution in [3.63, 3.8) is 0 Å². The summed E-state index contributed by atoms with van der Waals surface area (Å²) < 4.78 is 6.22. The number of halogens is 1. The van der Waals surface area contributed by atoms with Gasteiger partial charge in [0.05, 0.1) is 4.47 Å². The van der Waals surface area contributed by atoms with Crippen LogP contribution in [0.3, 0.4) is 0 Å². The first-order valence-electron chi connectivity index (χ1n) is 5.62. The maximum Gasteiger partial charge on any atom is 0.264 e. The summed E-state index contributed by atoms with van der Waals surface area (Å²) in [6, 6.07) is 5.64. The van der Waals surface area contributed by atoms with Crippen LogP contribution in [0.2, 0.25) is 0 Å². The molecule has 1 heterocycles. The van der Waals surface area contributed by atoms with Crippen LogP contribution < -0.4 is 10.1 Å². The summed E-state index contributed by atoms with van der Waals surface area (Å²) in [5.41, 5.74) is 1.11. The standard InChI is InChI=1S/C12H13BrN4O2/c1-7-3-4-10(9(13)5-7)19-6-11(18)15-12-14-8(2)16-17-12/h3-5H,6H2,1-2H3,(H2,14,15,16,17,18). The van der Waals surface area contributed by atoms with Gasteiger partial charge < -0.3 is 4.74 Å². The molecule has 1 amide bonds. The topological polar surface area (TPSA) is 79.9 Å². The number of aryl methyl sites for hydroxylation is 2. The monoisotopic (exact) mass is 324 g/mol. The molecule has 6 nitrogen and oxygen atoms in total. The number of H-pyrrole nitrogens is 1. The van der Waals surface area contributed by atoms with E-state index in [0.717, 1.165) is 10.0 Å². The average Bonchev–Trinajstić information content (AvgIpc) is 2.73. The van der Waals surface area contributed by atoms with Crippen LogP contribution in [0.4, 0.5) is 5.95 Å². The van der Waals surface area contributed by atoms with E-state index in [0.29, 0.717) is 11.6 Å². The first kappa shape index (κ1) is 13.5. The van der Waals surface area contributed by atoms with E-state index in [2.05, 4.69) is 36.4 Å². The second kappa shape index (κ2) is 5.83. The molecule has 7 heteroatoms. The zero-order valence-electron chi connectivity index (χ0n) is 10.5. The molecule has 0 unspecified atom stereocenters. The van der Waals surface area contributed by atoms with Gasteiger partial charge in [0.15, 0.2) is 6.61 Å². The smallest absolute Gasteiger partial charge is 0.264 e. The lowest BCUT2D eigenvalue weighted by Gasteiger charge is -2.08. The molecular weight excluding hydrogens is 312 g/mol. The molecule has 2 rings (SSSR count). The molecule has 0 aliphatic carbocycles. The molecular formula is C12H13BrN4O2. The van der Waals surface area contributed by atoms with E-state index < -0.39 is 0 Å². The number of amides is 1. The number of nitrogens with zero attached hydrogens (tertiary/aromatic N) is 2. The van der Waals surface area contributed by atoms with Crippen LogP contribution in [0.5, 0.6) is 5.75 Å². The van der Waals surface area contributed by atoms with Gasteiger partial charge in [0.25, 0.3) is 5.91 Å². The summed E-state index contributed by atoms with van der Waals surface area (Å²) in [4.78, 5) is 15.6. The third kappa shape index (κ3) is 3.78. The normalized spacial score (nSPS) is 10.3. The summed E-state index contributed by atoms with van der Waals surface area (Å²) in [6.45, 7) is 3.63. The van der Waals surface area contributed by atoms with Crippen molar-refractivity contribution in [3.8, 4) is 5.75 Å². The number of carbonyl (C=O) groups excluding carboxylic acids is 1. The maximum atomic E-state index is 11.6. The SMILES string of the molecule is Cc1ccc(OCC(=O)Nc2n[nH]c(C)n2)c(Br)c1. The number of nitrogens with one attached hydrogen (secondary N) is 2. The number of anilines is 1. The van der Waals surface area contributed by atoms with Gasteiger partial charge in [0.1, 0.15) is 11.6 Å². The van der Waals surface area contributed by atoms with Gasteiger partial charge in [-0.3, -0.25) is 15.2 Å².